The Morgan fingerprint density at radius 1 is 1.29 bits per heavy atom. The van der Waals surface area contributed by atoms with E-state index in [0.717, 1.165) is 12.5 Å². The molecule has 0 aliphatic carbocycles. The molecule has 1 N–H and O–H groups in total. The van der Waals surface area contributed by atoms with Crippen LogP contribution in [-0.2, 0) is 20.9 Å². The van der Waals surface area contributed by atoms with Gasteiger partial charge in [0.15, 0.2) is 5.78 Å². The molecule has 0 saturated heterocycles. The first-order valence-electron chi connectivity index (χ1n) is 5.45. The van der Waals surface area contributed by atoms with Gasteiger partial charge in [-0.15, -0.1) is 0 Å². The number of carbonyl (C=O) groups excluding carboxylic acids is 2. The Morgan fingerprint density at radius 3 is 2.41 bits per heavy atom. The van der Waals surface area contributed by atoms with E-state index in [1.165, 1.54) is 0 Å². The van der Waals surface area contributed by atoms with E-state index in [1.807, 2.05) is 18.2 Å². The van der Waals surface area contributed by atoms with Gasteiger partial charge in [0.2, 0.25) is 5.60 Å². The molecule has 1 unspecified atom stereocenters. The smallest absolute Gasteiger partial charge is 0.346 e. The molecule has 4 nitrogen and oxygen atoms in total. The fourth-order valence-electron chi connectivity index (χ4n) is 1.32. The van der Waals surface area contributed by atoms with Gasteiger partial charge in [0.1, 0.15) is 6.61 Å². The third-order valence-corrected chi connectivity index (χ3v) is 2.47. The van der Waals surface area contributed by atoms with Crippen LogP contribution >= 0.6 is 0 Å². The average Bonchev–Trinajstić information content (AvgIpc) is 2.35. The summed E-state index contributed by atoms with van der Waals surface area (Å²) < 4.78 is 4.91. The van der Waals surface area contributed by atoms with E-state index in [9.17, 15) is 14.7 Å². The fourth-order valence-corrected chi connectivity index (χ4v) is 1.32. The molecule has 0 aromatic heterocycles. The van der Waals surface area contributed by atoms with Gasteiger partial charge in [0.25, 0.3) is 0 Å². The van der Waals surface area contributed by atoms with Crippen molar-refractivity contribution in [2.45, 2.75) is 32.5 Å². The molecule has 4 heteroatoms. The largest absolute Gasteiger partial charge is 0.458 e. The Hall–Kier alpha value is -1.68. The highest BCUT2D eigenvalue weighted by Crippen LogP contribution is 2.12. The monoisotopic (exact) mass is 236 g/mol. The molecule has 17 heavy (non-hydrogen) atoms. The molecule has 0 spiro atoms. The summed E-state index contributed by atoms with van der Waals surface area (Å²) in [5.41, 5.74) is -1.25. The number of benzene rings is 1. The topological polar surface area (TPSA) is 63.6 Å². The maximum absolute atomic E-state index is 11.5. The maximum Gasteiger partial charge on any atom is 0.346 e. The third kappa shape index (κ3) is 3.39. The lowest BCUT2D eigenvalue weighted by molar-refractivity contribution is -0.169. The summed E-state index contributed by atoms with van der Waals surface area (Å²) in [7, 11) is 0. The highest BCUT2D eigenvalue weighted by Gasteiger charge is 2.38. The molecule has 0 radical (unpaired) electrons. The van der Waals surface area contributed by atoms with Gasteiger partial charge in [-0.3, -0.25) is 4.79 Å². The molecule has 0 heterocycles. The highest BCUT2D eigenvalue weighted by atomic mass is 16.5. The predicted molar refractivity (Wildman–Crippen MR) is 62.2 cm³/mol. The Morgan fingerprint density at radius 2 is 1.88 bits per heavy atom. The zero-order valence-corrected chi connectivity index (χ0v) is 9.97. The number of Topliss-reactive ketones (excluding diaryl/α,β-unsaturated/α-hetero) is 1. The van der Waals surface area contributed by atoms with Crippen LogP contribution in [0.3, 0.4) is 0 Å². The SMILES string of the molecule is CCC(=O)C(C)(O)C(=O)OCc1ccccc1. The van der Waals surface area contributed by atoms with E-state index in [1.54, 1.807) is 19.1 Å². The second-order valence-electron chi connectivity index (χ2n) is 3.91. The normalized spacial score (nSPS) is 13.8. The Labute approximate surface area is 100 Å². The molecule has 1 aromatic carbocycles. The minimum atomic E-state index is -2.05. The van der Waals surface area contributed by atoms with Crippen LogP contribution in [-0.4, -0.2) is 22.5 Å². The van der Waals surface area contributed by atoms with Crippen LogP contribution < -0.4 is 0 Å². The minimum absolute atomic E-state index is 0.0484. The zero-order chi connectivity index (χ0) is 12.9. The molecule has 92 valence electrons. The Balaban J connectivity index is 2.58. The van der Waals surface area contributed by atoms with E-state index in [4.69, 9.17) is 4.74 Å². The summed E-state index contributed by atoms with van der Waals surface area (Å²) in [6.07, 6.45) is 0.0907. The summed E-state index contributed by atoms with van der Waals surface area (Å²) in [5, 5.41) is 9.71. The highest BCUT2D eigenvalue weighted by molar-refractivity contribution is 6.06. The van der Waals surface area contributed by atoms with Crippen LogP contribution in [0.15, 0.2) is 30.3 Å². The number of ether oxygens (including phenoxy) is 1. The molecule has 0 saturated carbocycles. The van der Waals surface area contributed by atoms with Gasteiger partial charge in [-0.2, -0.15) is 0 Å². The maximum atomic E-state index is 11.5. The first-order valence-corrected chi connectivity index (χ1v) is 5.45. The minimum Gasteiger partial charge on any atom is -0.458 e. The van der Waals surface area contributed by atoms with Crippen LogP contribution in [0.25, 0.3) is 0 Å². The summed E-state index contributed by atoms with van der Waals surface area (Å²) in [4.78, 5) is 22.9. The van der Waals surface area contributed by atoms with Crippen molar-refractivity contribution in [2.24, 2.45) is 0 Å². The number of aliphatic hydroxyl groups is 1. The van der Waals surface area contributed by atoms with Crippen molar-refractivity contribution in [2.75, 3.05) is 0 Å². The quantitative estimate of drug-likeness (QED) is 0.621. The predicted octanol–water partition coefficient (Wildman–Crippen LogP) is 1.46. The molecule has 0 amide bonds. The molecule has 0 aliphatic heterocycles. The van der Waals surface area contributed by atoms with Gasteiger partial charge < -0.3 is 9.84 Å². The number of hydrogen-bond acceptors (Lipinski definition) is 4. The molecular weight excluding hydrogens is 220 g/mol. The summed E-state index contributed by atoms with van der Waals surface area (Å²) in [6.45, 7) is 2.79. The van der Waals surface area contributed by atoms with Gasteiger partial charge in [-0.05, 0) is 12.5 Å². The van der Waals surface area contributed by atoms with Gasteiger partial charge in [-0.25, -0.2) is 4.79 Å². The van der Waals surface area contributed by atoms with Crippen LogP contribution in [0.5, 0.6) is 0 Å². The van der Waals surface area contributed by atoms with E-state index in [-0.39, 0.29) is 13.0 Å². The van der Waals surface area contributed by atoms with Gasteiger partial charge in [0, 0.05) is 6.42 Å². The standard InChI is InChI=1S/C13H16O4/c1-3-11(14)13(2,16)12(15)17-9-10-7-5-4-6-8-10/h4-8,16H,3,9H2,1-2H3. The van der Waals surface area contributed by atoms with E-state index in [0.29, 0.717) is 0 Å². The number of rotatable bonds is 5. The number of esters is 1. The lowest BCUT2D eigenvalue weighted by atomic mass is 9.99. The van der Waals surface area contributed by atoms with Crippen LogP contribution in [0.4, 0.5) is 0 Å². The first-order chi connectivity index (χ1) is 7.98. The van der Waals surface area contributed by atoms with Crippen LogP contribution in [0.2, 0.25) is 0 Å². The van der Waals surface area contributed by atoms with Crippen molar-refractivity contribution in [3.8, 4) is 0 Å². The lowest BCUT2D eigenvalue weighted by Crippen LogP contribution is -2.44. The van der Waals surface area contributed by atoms with Crippen molar-refractivity contribution in [1.82, 2.24) is 0 Å². The van der Waals surface area contributed by atoms with Crippen molar-refractivity contribution in [3.05, 3.63) is 35.9 Å². The summed E-state index contributed by atoms with van der Waals surface area (Å²) >= 11 is 0. The second kappa shape index (κ2) is 5.59. The molecule has 1 atom stereocenters. The average molecular weight is 236 g/mol. The third-order valence-electron chi connectivity index (χ3n) is 2.47. The molecule has 0 fully saturated rings. The molecule has 1 rings (SSSR count). The molecule has 0 bridgehead atoms. The van der Waals surface area contributed by atoms with Crippen molar-refractivity contribution >= 4 is 11.8 Å². The van der Waals surface area contributed by atoms with Crippen LogP contribution in [0, 0.1) is 0 Å². The summed E-state index contributed by atoms with van der Waals surface area (Å²) in [6, 6.07) is 9.08. The van der Waals surface area contributed by atoms with Crippen molar-refractivity contribution < 1.29 is 19.4 Å². The number of carbonyl (C=O) groups is 2. The second-order valence-corrected chi connectivity index (χ2v) is 3.91. The Bertz CT molecular complexity index is 395. The van der Waals surface area contributed by atoms with Gasteiger partial charge in [0.05, 0.1) is 0 Å². The molecule has 1 aromatic rings. The fraction of sp³-hybridized carbons (Fsp3) is 0.385. The first kappa shape index (κ1) is 13.4. The van der Waals surface area contributed by atoms with Crippen LogP contribution in [0.1, 0.15) is 25.8 Å². The van der Waals surface area contributed by atoms with E-state index in [2.05, 4.69) is 0 Å². The number of hydrogen-bond donors (Lipinski definition) is 1. The molecular formula is C13H16O4. The summed E-state index contributed by atoms with van der Waals surface area (Å²) in [5.74, 6) is -1.45. The lowest BCUT2D eigenvalue weighted by Gasteiger charge is -2.19. The molecule has 0 aliphatic rings. The van der Waals surface area contributed by atoms with Gasteiger partial charge in [-0.1, -0.05) is 37.3 Å². The van der Waals surface area contributed by atoms with Crippen molar-refractivity contribution in [3.63, 3.8) is 0 Å². The van der Waals surface area contributed by atoms with E-state index < -0.39 is 17.4 Å². The van der Waals surface area contributed by atoms with E-state index >= 15 is 0 Å². The van der Waals surface area contributed by atoms with Crippen molar-refractivity contribution in [1.29, 1.82) is 0 Å². The Kier molecular flexibility index (Phi) is 4.40. The zero-order valence-electron chi connectivity index (χ0n) is 9.97. The number of ketones is 1. The van der Waals surface area contributed by atoms with Gasteiger partial charge >= 0.3 is 5.97 Å².